The number of aromatic carboxylic acids is 1. The van der Waals surface area contributed by atoms with Gasteiger partial charge in [0.1, 0.15) is 4.88 Å². The van der Waals surface area contributed by atoms with Gasteiger partial charge in [0, 0.05) is 15.5 Å². The summed E-state index contributed by atoms with van der Waals surface area (Å²) in [7, 11) is 0. The van der Waals surface area contributed by atoms with Crippen molar-refractivity contribution in [2.24, 2.45) is 0 Å². The summed E-state index contributed by atoms with van der Waals surface area (Å²) in [5.41, 5.74) is 1.72. The average Bonchev–Trinajstić information content (AvgIpc) is 2.70. The van der Waals surface area contributed by atoms with E-state index in [4.69, 9.17) is 16.7 Å². The van der Waals surface area contributed by atoms with Gasteiger partial charge >= 0.3 is 5.97 Å². The Kier molecular flexibility index (Phi) is 3.84. The van der Waals surface area contributed by atoms with Gasteiger partial charge in [-0.1, -0.05) is 35.9 Å². The van der Waals surface area contributed by atoms with Gasteiger partial charge in [-0.15, -0.1) is 11.3 Å². The summed E-state index contributed by atoms with van der Waals surface area (Å²) in [6.07, 6.45) is 3.69. The molecule has 2 aromatic rings. The first kappa shape index (κ1) is 12.9. The quantitative estimate of drug-likeness (QED) is 0.892. The third-order valence-corrected chi connectivity index (χ3v) is 3.71. The van der Waals surface area contributed by atoms with Crippen molar-refractivity contribution < 1.29 is 9.90 Å². The molecule has 0 spiro atoms. The lowest BCUT2D eigenvalue weighted by Crippen LogP contribution is -1.93. The molecule has 92 valence electrons. The Morgan fingerprint density at radius 2 is 1.94 bits per heavy atom. The molecule has 0 aliphatic rings. The van der Waals surface area contributed by atoms with Crippen LogP contribution in [0.15, 0.2) is 30.3 Å². The zero-order valence-electron chi connectivity index (χ0n) is 9.68. The Bertz CT molecular complexity index is 597. The van der Waals surface area contributed by atoms with Crippen molar-refractivity contribution in [1.29, 1.82) is 0 Å². The van der Waals surface area contributed by atoms with Crippen LogP contribution < -0.4 is 0 Å². The summed E-state index contributed by atoms with van der Waals surface area (Å²) in [6, 6.07) is 9.26. The van der Waals surface area contributed by atoms with Gasteiger partial charge in [-0.2, -0.15) is 0 Å². The SMILES string of the molecule is Cc1cc(/C=C\c2ccc(Cl)cc2)c(C(=O)O)s1. The summed E-state index contributed by atoms with van der Waals surface area (Å²) in [5.74, 6) is -0.885. The fraction of sp³-hybridized carbons (Fsp3) is 0.0714. The van der Waals surface area contributed by atoms with E-state index in [9.17, 15) is 4.79 Å². The second-order valence-electron chi connectivity index (χ2n) is 3.83. The number of carboxylic acid groups (broad SMARTS) is 1. The van der Waals surface area contributed by atoms with Crippen LogP contribution in [0.4, 0.5) is 0 Å². The molecule has 4 heteroatoms. The van der Waals surface area contributed by atoms with Crippen LogP contribution in [0, 0.1) is 6.92 Å². The molecule has 0 aliphatic carbocycles. The predicted octanol–water partition coefficient (Wildman–Crippen LogP) is 4.58. The summed E-state index contributed by atoms with van der Waals surface area (Å²) in [4.78, 5) is 12.4. The summed E-state index contributed by atoms with van der Waals surface area (Å²) >= 11 is 7.09. The molecule has 1 heterocycles. The molecule has 0 amide bonds. The normalized spacial score (nSPS) is 11.0. The molecule has 0 saturated carbocycles. The van der Waals surface area contributed by atoms with Crippen molar-refractivity contribution in [3.63, 3.8) is 0 Å². The van der Waals surface area contributed by atoms with Crippen molar-refractivity contribution in [3.8, 4) is 0 Å². The van der Waals surface area contributed by atoms with Gasteiger partial charge in [0.2, 0.25) is 0 Å². The summed E-state index contributed by atoms with van der Waals surface area (Å²) < 4.78 is 0. The third-order valence-electron chi connectivity index (χ3n) is 2.40. The van der Waals surface area contributed by atoms with Crippen molar-refractivity contribution in [3.05, 3.63) is 56.2 Å². The molecule has 0 fully saturated rings. The van der Waals surface area contributed by atoms with Gasteiger partial charge in [-0.05, 0) is 30.7 Å². The molecule has 0 radical (unpaired) electrons. The highest BCUT2D eigenvalue weighted by Gasteiger charge is 2.11. The highest BCUT2D eigenvalue weighted by atomic mass is 35.5. The molecule has 2 nitrogen and oxygen atoms in total. The molecule has 0 aliphatic heterocycles. The van der Waals surface area contributed by atoms with E-state index in [1.165, 1.54) is 11.3 Å². The molecule has 2 rings (SSSR count). The van der Waals surface area contributed by atoms with Crippen LogP contribution >= 0.6 is 22.9 Å². The molecule has 0 atom stereocenters. The Labute approximate surface area is 114 Å². The van der Waals surface area contributed by atoms with E-state index in [1.807, 2.05) is 37.3 Å². The van der Waals surface area contributed by atoms with Gasteiger partial charge < -0.3 is 5.11 Å². The molecular weight excluding hydrogens is 268 g/mol. The minimum Gasteiger partial charge on any atom is -0.477 e. The Morgan fingerprint density at radius 3 is 2.56 bits per heavy atom. The van der Waals surface area contributed by atoms with Gasteiger partial charge in [-0.25, -0.2) is 4.79 Å². The summed E-state index contributed by atoms with van der Waals surface area (Å²) in [5, 5.41) is 9.76. The first-order chi connectivity index (χ1) is 8.56. The second kappa shape index (κ2) is 5.38. The second-order valence-corrected chi connectivity index (χ2v) is 5.52. The maximum atomic E-state index is 11.1. The van der Waals surface area contributed by atoms with E-state index in [0.29, 0.717) is 9.90 Å². The number of carbonyl (C=O) groups is 1. The smallest absolute Gasteiger partial charge is 0.346 e. The topological polar surface area (TPSA) is 37.3 Å². The number of thiophene rings is 1. The first-order valence-corrected chi connectivity index (χ1v) is 6.53. The van der Waals surface area contributed by atoms with Crippen molar-refractivity contribution in [2.75, 3.05) is 0 Å². The van der Waals surface area contributed by atoms with E-state index in [1.54, 1.807) is 12.1 Å². The Morgan fingerprint density at radius 1 is 1.28 bits per heavy atom. The van der Waals surface area contributed by atoms with Gasteiger partial charge in [0.05, 0.1) is 0 Å². The van der Waals surface area contributed by atoms with E-state index >= 15 is 0 Å². The Hall–Kier alpha value is -1.58. The van der Waals surface area contributed by atoms with Crippen LogP contribution in [0.3, 0.4) is 0 Å². The highest BCUT2D eigenvalue weighted by Crippen LogP contribution is 2.24. The van der Waals surface area contributed by atoms with Crippen LogP contribution in [0.2, 0.25) is 5.02 Å². The van der Waals surface area contributed by atoms with Crippen LogP contribution in [0.1, 0.15) is 25.7 Å². The molecule has 1 aromatic carbocycles. The lowest BCUT2D eigenvalue weighted by Gasteiger charge is -1.94. The minimum absolute atomic E-state index is 0.373. The minimum atomic E-state index is -0.885. The maximum Gasteiger partial charge on any atom is 0.346 e. The molecular formula is C14H11ClO2S. The van der Waals surface area contributed by atoms with E-state index < -0.39 is 5.97 Å². The number of hydrogen-bond donors (Lipinski definition) is 1. The summed E-state index contributed by atoms with van der Waals surface area (Å²) in [6.45, 7) is 1.90. The van der Waals surface area contributed by atoms with Crippen LogP contribution in [0.5, 0.6) is 0 Å². The lowest BCUT2D eigenvalue weighted by molar-refractivity contribution is 0.0702. The van der Waals surface area contributed by atoms with Crippen molar-refractivity contribution >= 4 is 41.1 Å². The molecule has 0 saturated heterocycles. The van der Waals surface area contributed by atoms with Crippen LogP contribution in [-0.4, -0.2) is 11.1 Å². The predicted molar refractivity (Wildman–Crippen MR) is 76.4 cm³/mol. The van der Waals surface area contributed by atoms with E-state index in [-0.39, 0.29) is 0 Å². The zero-order chi connectivity index (χ0) is 13.1. The monoisotopic (exact) mass is 278 g/mol. The molecule has 18 heavy (non-hydrogen) atoms. The number of carboxylic acids is 1. The Balaban J connectivity index is 2.28. The molecule has 0 unspecified atom stereocenters. The van der Waals surface area contributed by atoms with Crippen LogP contribution in [0.25, 0.3) is 12.2 Å². The fourth-order valence-electron chi connectivity index (χ4n) is 1.58. The molecule has 0 bridgehead atoms. The highest BCUT2D eigenvalue weighted by molar-refractivity contribution is 7.14. The standard InChI is InChI=1S/C14H11ClO2S/c1-9-8-11(13(18-9)14(16)17)5-2-10-3-6-12(15)7-4-10/h2-8H,1H3,(H,16,17)/b5-2-. The van der Waals surface area contributed by atoms with Gasteiger partial charge in [0.15, 0.2) is 0 Å². The van der Waals surface area contributed by atoms with Crippen LogP contribution in [-0.2, 0) is 0 Å². The maximum absolute atomic E-state index is 11.1. The fourth-order valence-corrected chi connectivity index (χ4v) is 2.55. The average molecular weight is 279 g/mol. The zero-order valence-corrected chi connectivity index (χ0v) is 11.3. The number of rotatable bonds is 3. The number of benzene rings is 1. The van der Waals surface area contributed by atoms with Crippen molar-refractivity contribution in [1.82, 2.24) is 0 Å². The number of halogens is 1. The largest absolute Gasteiger partial charge is 0.477 e. The third kappa shape index (κ3) is 3.00. The first-order valence-electron chi connectivity index (χ1n) is 5.33. The van der Waals surface area contributed by atoms with E-state index in [2.05, 4.69) is 0 Å². The van der Waals surface area contributed by atoms with E-state index in [0.717, 1.165) is 16.0 Å². The van der Waals surface area contributed by atoms with Crippen molar-refractivity contribution in [2.45, 2.75) is 6.92 Å². The van der Waals surface area contributed by atoms with Gasteiger partial charge in [-0.3, -0.25) is 0 Å². The van der Waals surface area contributed by atoms with Gasteiger partial charge in [0.25, 0.3) is 0 Å². The number of hydrogen-bond acceptors (Lipinski definition) is 2. The molecule has 1 N–H and O–H groups in total. The number of aryl methyl sites for hydroxylation is 1. The molecule has 1 aromatic heterocycles. The lowest BCUT2D eigenvalue weighted by atomic mass is 10.1.